The summed E-state index contributed by atoms with van der Waals surface area (Å²) in [4.78, 5) is 14.5. The first-order valence-electron chi connectivity index (χ1n) is 3.94. The molecule has 1 aromatic heterocycles. The number of hydrogen-bond acceptors (Lipinski definition) is 3. The molecular formula is C10H5BrNO2-. The van der Waals surface area contributed by atoms with Crippen LogP contribution in [0.3, 0.4) is 0 Å². The van der Waals surface area contributed by atoms with Crippen molar-refractivity contribution >= 4 is 32.8 Å². The number of hydrogen-bond donors (Lipinski definition) is 0. The normalized spacial score (nSPS) is 10.4. The van der Waals surface area contributed by atoms with Gasteiger partial charge in [0.15, 0.2) is 0 Å². The Morgan fingerprint density at radius 1 is 1.29 bits per heavy atom. The summed E-state index contributed by atoms with van der Waals surface area (Å²) in [6, 6.07) is 8.65. The van der Waals surface area contributed by atoms with E-state index in [1.807, 2.05) is 12.1 Å². The zero-order valence-electron chi connectivity index (χ0n) is 7.03. The predicted octanol–water partition coefficient (Wildman–Crippen LogP) is 1.36. The lowest BCUT2D eigenvalue weighted by Gasteiger charge is -2.03. The van der Waals surface area contributed by atoms with E-state index in [0.29, 0.717) is 5.52 Å². The minimum absolute atomic E-state index is 0.0457. The molecule has 0 aliphatic rings. The third kappa shape index (κ3) is 1.61. The van der Waals surface area contributed by atoms with Gasteiger partial charge in [0, 0.05) is 9.86 Å². The molecule has 0 N–H and O–H groups in total. The van der Waals surface area contributed by atoms with Gasteiger partial charge in [-0.2, -0.15) is 0 Å². The number of aromatic carboxylic acids is 1. The summed E-state index contributed by atoms with van der Waals surface area (Å²) in [5.74, 6) is -1.26. The second-order valence-corrected chi connectivity index (χ2v) is 3.74. The first-order chi connectivity index (χ1) is 6.66. The van der Waals surface area contributed by atoms with E-state index in [9.17, 15) is 9.90 Å². The molecule has 70 valence electrons. The first kappa shape index (κ1) is 9.15. The average Bonchev–Trinajstić information content (AvgIpc) is 2.16. The van der Waals surface area contributed by atoms with Crippen molar-refractivity contribution in [2.75, 3.05) is 0 Å². The summed E-state index contributed by atoms with van der Waals surface area (Å²) in [5, 5.41) is 11.4. The largest absolute Gasteiger partial charge is 0.543 e. The van der Waals surface area contributed by atoms with Crippen LogP contribution in [0.5, 0.6) is 0 Å². The topological polar surface area (TPSA) is 53.0 Å². The number of carboxylic acid groups (broad SMARTS) is 1. The van der Waals surface area contributed by atoms with Crippen LogP contribution in [-0.4, -0.2) is 11.0 Å². The highest BCUT2D eigenvalue weighted by Crippen LogP contribution is 2.18. The number of benzene rings is 1. The molecule has 0 radical (unpaired) electrons. The van der Waals surface area contributed by atoms with Crippen molar-refractivity contribution < 1.29 is 9.90 Å². The van der Waals surface area contributed by atoms with Crippen LogP contribution >= 0.6 is 15.9 Å². The molecule has 2 rings (SSSR count). The number of pyridine rings is 1. The minimum Gasteiger partial charge on any atom is -0.543 e. The molecular weight excluding hydrogens is 246 g/mol. The van der Waals surface area contributed by atoms with E-state index in [4.69, 9.17) is 0 Å². The Labute approximate surface area is 88.5 Å². The van der Waals surface area contributed by atoms with Crippen LogP contribution in [-0.2, 0) is 0 Å². The summed E-state index contributed by atoms with van der Waals surface area (Å²) in [5.41, 5.74) is 0.594. The van der Waals surface area contributed by atoms with E-state index in [1.54, 1.807) is 12.1 Å². The van der Waals surface area contributed by atoms with Gasteiger partial charge in [0.1, 0.15) is 0 Å². The molecule has 0 saturated carbocycles. The number of rotatable bonds is 1. The first-order valence-corrected chi connectivity index (χ1v) is 4.74. The average molecular weight is 251 g/mol. The maximum atomic E-state index is 10.5. The summed E-state index contributed by atoms with van der Waals surface area (Å²) in [6.07, 6.45) is 0. The van der Waals surface area contributed by atoms with Gasteiger partial charge in [0.25, 0.3) is 0 Å². The van der Waals surface area contributed by atoms with Gasteiger partial charge < -0.3 is 9.90 Å². The lowest BCUT2D eigenvalue weighted by molar-refractivity contribution is -0.255. The second kappa shape index (κ2) is 3.38. The third-order valence-electron chi connectivity index (χ3n) is 1.86. The zero-order valence-corrected chi connectivity index (χ0v) is 8.61. The van der Waals surface area contributed by atoms with E-state index < -0.39 is 5.97 Å². The molecule has 0 amide bonds. The summed E-state index contributed by atoms with van der Waals surface area (Å²) in [6.45, 7) is 0. The maximum Gasteiger partial charge on any atom is 0.0900 e. The summed E-state index contributed by atoms with van der Waals surface area (Å²) in [7, 11) is 0. The fraction of sp³-hybridized carbons (Fsp3) is 0. The Morgan fingerprint density at radius 2 is 2.00 bits per heavy atom. The van der Waals surface area contributed by atoms with Crippen molar-refractivity contribution in [1.82, 2.24) is 4.98 Å². The fourth-order valence-corrected chi connectivity index (χ4v) is 1.55. The van der Waals surface area contributed by atoms with Crippen LogP contribution in [0.15, 0.2) is 34.8 Å². The Hall–Kier alpha value is -1.42. The van der Waals surface area contributed by atoms with E-state index >= 15 is 0 Å². The van der Waals surface area contributed by atoms with Crippen molar-refractivity contribution in [3.8, 4) is 0 Å². The number of fused-ring (bicyclic) bond motifs is 1. The number of carboxylic acids is 1. The lowest BCUT2D eigenvalue weighted by atomic mass is 10.2. The highest BCUT2D eigenvalue weighted by molar-refractivity contribution is 9.10. The van der Waals surface area contributed by atoms with Crippen molar-refractivity contribution in [3.05, 3.63) is 40.5 Å². The molecule has 0 fully saturated rings. The highest BCUT2D eigenvalue weighted by Gasteiger charge is 1.99. The highest BCUT2D eigenvalue weighted by atomic mass is 79.9. The van der Waals surface area contributed by atoms with Crippen molar-refractivity contribution in [1.29, 1.82) is 0 Å². The third-order valence-corrected chi connectivity index (χ3v) is 2.36. The van der Waals surface area contributed by atoms with Gasteiger partial charge in [-0.15, -0.1) is 0 Å². The molecule has 4 heteroatoms. The molecule has 1 aromatic carbocycles. The van der Waals surface area contributed by atoms with E-state index in [-0.39, 0.29) is 5.69 Å². The Kier molecular flexibility index (Phi) is 2.21. The van der Waals surface area contributed by atoms with Gasteiger partial charge in [-0.3, -0.25) is 0 Å². The van der Waals surface area contributed by atoms with Gasteiger partial charge in [-0.1, -0.05) is 28.1 Å². The zero-order chi connectivity index (χ0) is 10.1. The van der Waals surface area contributed by atoms with Crippen molar-refractivity contribution in [2.24, 2.45) is 0 Å². The number of aromatic nitrogens is 1. The number of halogens is 1. The van der Waals surface area contributed by atoms with Gasteiger partial charge in [0.05, 0.1) is 17.2 Å². The SMILES string of the molecule is O=C([O-])c1ccc2ccc(Br)cc2n1. The lowest BCUT2D eigenvalue weighted by Crippen LogP contribution is -2.23. The van der Waals surface area contributed by atoms with E-state index in [1.165, 1.54) is 6.07 Å². The van der Waals surface area contributed by atoms with Crippen LogP contribution in [0.4, 0.5) is 0 Å². The van der Waals surface area contributed by atoms with E-state index in [2.05, 4.69) is 20.9 Å². The summed E-state index contributed by atoms with van der Waals surface area (Å²) >= 11 is 3.29. The van der Waals surface area contributed by atoms with Crippen LogP contribution in [0.2, 0.25) is 0 Å². The van der Waals surface area contributed by atoms with Gasteiger partial charge in [-0.25, -0.2) is 4.98 Å². The standard InChI is InChI=1S/C10H6BrNO2/c11-7-3-1-6-2-4-8(10(13)14)12-9(6)5-7/h1-5H,(H,13,14)/p-1. The number of carbonyl (C=O) groups excluding carboxylic acids is 1. The smallest absolute Gasteiger partial charge is 0.0900 e. The molecule has 0 bridgehead atoms. The Balaban J connectivity index is 2.69. The number of nitrogens with zero attached hydrogens (tertiary/aromatic N) is 1. The Morgan fingerprint density at radius 3 is 2.71 bits per heavy atom. The molecule has 14 heavy (non-hydrogen) atoms. The quantitative estimate of drug-likeness (QED) is 0.768. The molecule has 3 nitrogen and oxygen atoms in total. The Bertz CT molecular complexity index is 510. The molecule has 0 spiro atoms. The van der Waals surface area contributed by atoms with Gasteiger partial charge in [0.2, 0.25) is 0 Å². The molecule has 0 aliphatic heterocycles. The fourth-order valence-electron chi connectivity index (χ4n) is 1.20. The van der Waals surface area contributed by atoms with Crippen molar-refractivity contribution in [3.63, 3.8) is 0 Å². The van der Waals surface area contributed by atoms with Crippen LogP contribution < -0.4 is 5.11 Å². The molecule has 2 aromatic rings. The minimum atomic E-state index is -1.26. The maximum absolute atomic E-state index is 10.5. The van der Waals surface area contributed by atoms with Crippen LogP contribution in [0.25, 0.3) is 10.9 Å². The van der Waals surface area contributed by atoms with Crippen molar-refractivity contribution in [2.45, 2.75) is 0 Å². The molecule has 0 unspecified atom stereocenters. The van der Waals surface area contributed by atoms with Crippen LogP contribution in [0, 0.1) is 0 Å². The second-order valence-electron chi connectivity index (χ2n) is 2.82. The monoisotopic (exact) mass is 250 g/mol. The summed E-state index contributed by atoms with van der Waals surface area (Å²) < 4.78 is 0.869. The van der Waals surface area contributed by atoms with Crippen LogP contribution in [0.1, 0.15) is 10.5 Å². The molecule has 0 aliphatic carbocycles. The number of carbonyl (C=O) groups is 1. The predicted molar refractivity (Wildman–Crippen MR) is 53.8 cm³/mol. The van der Waals surface area contributed by atoms with Gasteiger partial charge in [-0.05, 0) is 18.2 Å². The molecule has 0 atom stereocenters. The molecule has 0 saturated heterocycles. The molecule has 1 heterocycles. The van der Waals surface area contributed by atoms with E-state index in [0.717, 1.165) is 9.86 Å². The van der Waals surface area contributed by atoms with Gasteiger partial charge >= 0.3 is 0 Å².